The number of β-amino-alcohol motifs (C(OH)–C–C–N with tert-alkyl or cyclic N) is 1. The van der Waals surface area contributed by atoms with Gasteiger partial charge in [-0.15, -0.1) is 0 Å². The van der Waals surface area contributed by atoms with E-state index in [0.717, 1.165) is 51.1 Å². The van der Waals surface area contributed by atoms with Gasteiger partial charge in [-0.2, -0.15) is 0 Å². The summed E-state index contributed by atoms with van der Waals surface area (Å²) in [4.78, 5) is 19.2. The normalized spacial score (nSPS) is 22.9. The van der Waals surface area contributed by atoms with Crippen molar-refractivity contribution in [1.82, 2.24) is 14.7 Å². The molecule has 0 aliphatic carbocycles. The Hall–Kier alpha value is -1.50. The molecule has 2 aliphatic heterocycles. The van der Waals surface area contributed by atoms with Crippen molar-refractivity contribution in [2.75, 3.05) is 45.9 Å². The van der Waals surface area contributed by atoms with Gasteiger partial charge in [0, 0.05) is 39.3 Å². The van der Waals surface area contributed by atoms with Crippen LogP contribution < -0.4 is 0 Å². The highest BCUT2D eigenvalue weighted by molar-refractivity contribution is 5.82. The molecule has 1 atom stereocenters. The lowest BCUT2D eigenvalue weighted by atomic mass is 10.1. The molecule has 2 fully saturated rings. The van der Waals surface area contributed by atoms with Crippen LogP contribution in [0, 0.1) is 5.82 Å². The molecular formula is C18H26FN3O2. The number of hydrogen-bond acceptors (Lipinski definition) is 4. The Kier molecular flexibility index (Phi) is 5.81. The van der Waals surface area contributed by atoms with Crippen LogP contribution in [-0.2, 0) is 11.3 Å². The number of piperazine rings is 1. The Morgan fingerprint density at radius 1 is 1.12 bits per heavy atom. The molecule has 0 spiro atoms. The molecular weight excluding hydrogens is 309 g/mol. The van der Waals surface area contributed by atoms with Crippen LogP contribution in [0.5, 0.6) is 0 Å². The molecule has 1 amide bonds. The van der Waals surface area contributed by atoms with Gasteiger partial charge in [0.1, 0.15) is 5.82 Å². The lowest BCUT2D eigenvalue weighted by Gasteiger charge is -2.37. The van der Waals surface area contributed by atoms with Gasteiger partial charge >= 0.3 is 0 Å². The third-order valence-electron chi connectivity index (χ3n) is 5.05. The first kappa shape index (κ1) is 17.3. The number of benzene rings is 1. The lowest BCUT2D eigenvalue weighted by Crippen LogP contribution is -2.53. The van der Waals surface area contributed by atoms with Crippen molar-refractivity contribution < 1.29 is 14.3 Å². The molecule has 2 aliphatic rings. The number of amides is 1. The van der Waals surface area contributed by atoms with Gasteiger partial charge in [-0.25, -0.2) is 4.39 Å². The molecule has 132 valence electrons. The zero-order valence-electron chi connectivity index (χ0n) is 14.0. The minimum Gasteiger partial charge on any atom is -0.395 e. The molecule has 1 aromatic rings. The molecule has 24 heavy (non-hydrogen) atoms. The average molecular weight is 335 g/mol. The Balaban J connectivity index is 1.56. The number of aliphatic hydroxyl groups excluding tert-OH is 1. The minimum absolute atomic E-state index is 0.0561. The number of rotatable bonds is 5. The van der Waals surface area contributed by atoms with Crippen LogP contribution in [0.2, 0.25) is 0 Å². The fourth-order valence-electron chi connectivity index (χ4n) is 3.66. The van der Waals surface area contributed by atoms with Crippen molar-refractivity contribution in [1.29, 1.82) is 0 Å². The van der Waals surface area contributed by atoms with E-state index >= 15 is 0 Å². The van der Waals surface area contributed by atoms with Gasteiger partial charge in [0.15, 0.2) is 0 Å². The van der Waals surface area contributed by atoms with Gasteiger partial charge in [0.25, 0.3) is 0 Å². The number of halogens is 1. The van der Waals surface area contributed by atoms with E-state index in [0.29, 0.717) is 13.1 Å². The Morgan fingerprint density at radius 2 is 1.83 bits per heavy atom. The van der Waals surface area contributed by atoms with E-state index in [1.165, 1.54) is 12.1 Å². The Morgan fingerprint density at radius 3 is 2.50 bits per heavy atom. The van der Waals surface area contributed by atoms with Crippen LogP contribution in [0.25, 0.3) is 0 Å². The van der Waals surface area contributed by atoms with Gasteiger partial charge in [-0.1, -0.05) is 12.1 Å². The first-order valence-electron chi connectivity index (χ1n) is 8.78. The number of hydrogen-bond donors (Lipinski definition) is 1. The smallest absolute Gasteiger partial charge is 0.240 e. The van der Waals surface area contributed by atoms with Crippen molar-refractivity contribution in [2.24, 2.45) is 0 Å². The van der Waals surface area contributed by atoms with Crippen molar-refractivity contribution in [3.63, 3.8) is 0 Å². The van der Waals surface area contributed by atoms with Crippen LogP contribution in [-0.4, -0.2) is 77.6 Å². The number of likely N-dealkylation sites (tertiary alicyclic amines) is 1. The molecule has 3 rings (SSSR count). The summed E-state index contributed by atoms with van der Waals surface area (Å²) in [5.41, 5.74) is 1.05. The minimum atomic E-state index is -0.228. The van der Waals surface area contributed by atoms with Gasteiger partial charge in [0.2, 0.25) is 5.91 Å². The molecule has 2 saturated heterocycles. The molecule has 1 unspecified atom stereocenters. The second-order valence-corrected chi connectivity index (χ2v) is 6.65. The van der Waals surface area contributed by atoms with Crippen LogP contribution >= 0.6 is 0 Å². The van der Waals surface area contributed by atoms with Crippen molar-refractivity contribution >= 4 is 5.91 Å². The quantitative estimate of drug-likeness (QED) is 0.870. The lowest BCUT2D eigenvalue weighted by molar-refractivity contribution is -0.138. The molecule has 5 nitrogen and oxygen atoms in total. The first-order chi connectivity index (χ1) is 11.7. The molecule has 0 bridgehead atoms. The summed E-state index contributed by atoms with van der Waals surface area (Å²) in [6.45, 7) is 5.59. The summed E-state index contributed by atoms with van der Waals surface area (Å²) in [6, 6.07) is 6.48. The first-order valence-corrected chi connectivity index (χ1v) is 8.78. The summed E-state index contributed by atoms with van der Waals surface area (Å²) in [5.74, 6) is -0.00758. The van der Waals surface area contributed by atoms with Crippen LogP contribution in [0.3, 0.4) is 0 Å². The van der Waals surface area contributed by atoms with Gasteiger partial charge < -0.3 is 10.0 Å². The Bertz CT molecular complexity index is 544. The molecule has 0 radical (unpaired) electrons. The number of carbonyl (C=O) groups excluding carboxylic acids is 1. The fraction of sp³-hybridized carbons (Fsp3) is 0.611. The zero-order chi connectivity index (χ0) is 16.9. The monoisotopic (exact) mass is 335 g/mol. The zero-order valence-corrected chi connectivity index (χ0v) is 14.0. The predicted octanol–water partition coefficient (Wildman–Crippen LogP) is 0.927. The maximum Gasteiger partial charge on any atom is 0.240 e. The predicted molar refractivity (Wildman–Crippen MR) is 89.9 cm³/mol. The topological polar surface area (TPSA) is 47.0 Å². The van der Waals surface area contributed by atoms with E-state index < -0.39 is 0 Å². The van der Waals surface area contributed by atoms with E-state index in [2.05, 4.69) is 9.80 Å². The van der Waals surface area contributed by atoms with Crippen molar-refractivity contribution in [2.45, 2.75) is 25.4 Å². The highest BCUT2D eigenvalue weighted by Crippen LogP contribution is 2.22. The van der Waals surface area contributed by atoms with Crippen LogP contribution in [0.1, 0.15) is 18.4 Å². The Labute approximate surface area is 142 Å². The van der Waals surface area contributed by atoms with Crippen molar-refractivity contribution in [3.8, 4) is 0 Å². The number of aliphatic hydroxyl groups is 1. The summed E-state index contributed by atoms with van der Waals surface area (Å²) in [7, 11) is 0. The van der Waals surface area contributed by atoms with E-state index in [1.807, 2.05) is 4.90 Å². The average Bonchev–Trinajstić information content (AvgIpc) is 3.05. The third-order valence-corrected chi connectivity index (χ3v) is 5.05. The van der Waals surface area contributed by atoms with Gasteiger partial charge in [-0.05, 0) is 37.1 Å². The van der Waals surface area contributed by atoms with Crippen LogP contribution in [0.15, 0.2) is 24.3 Å². The van der Waals surface area contributed by atoms with Gasteiger partial charge in [0.05, 0.1) is 12.6 Å². The van der Waals surface area contributed by atoms with E-state index in [-0.39, 0.29) is 24.4 Å². The van der Waals surface area contributed by atoms with E-state index in [9.17, 15) is 9.18 Å². The van der Waals surface area contributed by atoms with Gasteiger partial charge in [-0.3, -0.25) is 14.6 Å². The maximum atomic E-state index is 13.0. The van der Waals surface area contributed by atoms with E-state index in [4.69, 9.17) is 5.11 Å². The second-order valence-electron chi connectivity index (χ2n) is 6.65. The summed E-state index contributed by atoms with van der Waals surface area (Å²) < 4.78 is 13.0. The molecule has 1 N–H and O–H groups in total. The second kappa shape index (κ2) is 8.05. The summed E-state index contributed by atoms with van der Waals surface area (Å²) in [5, 5.41) is 9.01. The van der Waals surface area contributed by atoms with Crippen molar-refractivity contribution in [3.05, 3.63) is 35.6 Å². The number of nitrogens with zero attached hydrogens (tertiary/aromatic N) is 3. The highest BCUT2D eigenvalue weighted by Gasteiger charge is 2.34. The largest absolute Gasteiger partial charge is 0.395 e. The molecule has 0 aromatic heterocycles. The standard InChI is InChI=1S/C18H26FN3O2/c19-16-5-3-15(4-6-16)14-22-7-1-2-17(22)18(24)21-10-8-20(9-11-21)12-13-23/h3-6,17,23H,1-2,7-14H2. The maximum absolute atomic E-state index is 13.0. The highest BCUT2D eigenvalue weighted by atomic mass is 19.1. The van der Waals surface area contributed by atoms with E-state index in [1.54, 1.807) is 12.1 Å². The summed E-state index contributed by atoms with van der Waals surface area (Å²) in [6.07, 6.45) is 1.93. The fourth-order valence-corrected chi connectivity index (χ4v) is 3.66. The molecule has 0 saturated carbocycles. The SMILES string of the molecule is O=C(C1CCCN1Cc1ccc(F)cc1)N1CCN(CCO)CC1. The molecule has 2 heterocycles. The number of carbonyl (C=O) groups is 1. The molecule has 1 aromatic carbocycles. The molecule has 6 heteroatoms. The summed E-state index contributed by atoms with van der Waals surface area (Å²) >= 11 is 0. The third kappa shape index (κ3) is 4.12. The van der Waals surface area contributed by atoms with Crippen LogP contribution in [0.4, 0.5) is 4.39 Å².